The molecule has 3 rings (SSSR count). The molecule has 3 atom stereocenters. The number of carbonyl (C=O) groups is 1. The molecule has 0 aromatic heterocycles. The van der Waals surface area contributed by atoms with Gasteiger partial charge in [0.15, 0.2) is 0 Å². The topological polar surface area (TPSA) is 69.7 Å². The smallest absolute Gasteiger partial charge is 0.254 e. The molecule has 3 unspecified atom stereocenters. The molecule has 2 aliphatic heterocycles. The third-order valence-electron chi connectivity index (χ3n) is 5.72. The number of piperidine rings is 1. The van der Waals surface area contributed by atoms with Crippen LogP contribution in [0.5, 0.6) is 0 Å². The molecule has 1 aromatic carbocycles. The molecule has 6 nitrogen and oxygen atoms in total. The van der Waals surface area contributed by atoms with Crippen molar-refractivity contribution in [3.05, 3.63) is 29.8 Å². The average molecular weight is 380 g/mol. The standard InChI is InChI=1S/C19H29N3O3S/c1-14-7-4-5-11-22(14)26(24,25)18-9-6-8-17(13-18)19(23)21-12-10-20-15(2)16(21)3/h6,8-9,13-16,20H,4-5,7,10-12H2,1-3H3. The number of sulfonamides is 1. The van der Waals surface area contributed by atoms with Crippen molar-refractivity contribution in [1.82, 2.24) is 14.5 Å². The zero-order valence-electron chi connectivity index (χ0n) is 15.8. The van der Waals surface area contributed by atoms with Gasteiger partial charge in [0.05, 0.1) is 4.90 Å². The molecule has 0 bridgehead atoms. The number of amides is 1. The van der Waals surface area contributed by atoms with Gasteiger partial charge in [-0.2, -0.15) is 4.31 Å². The van der Waals surface area contributed by atoms with E-state index in [1.54, 1.807) is 28.6 Å². The van der Waals surface area contributed by atoms with Crippen LogP contribution in [0.1, 0.15) is 50.4 Å². The molecule has 0 spiro atoms. The molecule has 1 amide bonds. The Balaban J connectivity index is 1.87. The third kappa shape index (κ3) is 3.66. The van der Waals surface area contributed by atoms with Crippen LogP contribution in [-0.4, -0.2) is 61.3 Å². The summed E-state index contributed by atoms with van der Waals surface area (Å²) in [5.41, 5.74) is 0.441. The number of hydrogen-bond acceptors (Lipinski definition) is 4. The summed E-state index contributed by atoms with van der Waals surface area (Å²) in [5.74, 6) is -0.102. The Morgan fingerprint density at radius 3 is 2.65 bits per heavy atom. The highest BCUT2D eigenvalue weighted by atomic mass is 32.2. The van der Waals surface area contributed by atoms with Gasteiger partial charge in [-0.15, -0.1) is 0 Å². The van der Waals surface area contributed by atoms with Gasteiger partial charge in [-0.25, -0.2) is 8.42 Å². The SMILES string of the molecule is CC1NCCN(C(=O)c2cccc(S(=O)(=O)N3CCCCC3C)c2)C1C. The van der Waals surface area contributed by atoms with Gasteiger partial charge < -0.3 is 10.2 Å². The molecule has 2 saturated heterocycles. The van der Waals surface area contributed by atoms with Gasteiger partial charge in [-0.05, 0) is 51.8 Å². The van der Waals surface area contributed by atoms with Crippen molar-refractivity contribution in [2.45, 2.75) is 63.1 Å². The summed E-state index contributed by atoms with van der Waals surface area (Å²) in [6, 6.07) is 6.80. The van der Waals surface area contributed by atoms with Gasteiger partial charge in [0.2, 0.25) is 10.0 Å². The monoisotopic (exact) mass is 379 g/mol. The maximum Gasteiger partial charge on any atom is 0.254 e. The highest BCUT2D eigenvalue weighted by molar-refractivity contribution is 7.89. The van der Waals surface area contributed by atoms with Crippen molar-refractivity contribution < 1.29 is 13.2 Å². The number of carbonyl (C=O) groups excluding carboxylic acids is 1. The van der Waals surface area contributed by atoms with Gasteiger partial charge >= 0.3 is 0 Å². The summed E-state index contributed by atoms with van der Waals surface area (Å²) in [6.45, 7) is 7.96. The predicted octanol–water partition coefficient (Wildman–Crippen LogP) is 2.07. The van der Waals surface area contributed by atoms with Crippen LogP contribution in [0.2, 0.25) is 0 Å². The van der Waals surface area contributed by atoms with Crippen molar-refractivity contribution in [1.29, 1.82) is 0 Å². The molecule has 2 aliphatic rings. The van der Waals surface area contributed by atoms with E-state index in [9.17, 15) is 13.2 Å². The number of benzene rings is 1. The van der Waals surface area contributed by atoms with Crippen molar-refractivity contribution in [3.8, 4) is 0 Å². The van der Waals surface area contributed by atoms with Crippen molar-refractivity contribution in [2.24, 2.45) is 0 Å². The molecule has 2 fully saturated rings. The molecule has 26 heavy (non-hydrogen) atoms. The summed E-state index contributed by atoms with van der Waals surface area (Å²) < 4.78 is 27.7. The lowest BCUT2D eigenvalue weighted by atomic mass is 10.1. The largest absolute Gasteiger partial charge is 0.333 e. The number of rotatable bonds is 3. The Labute approximate surface area is 156 Å². The van der Waals surface area contributed by atoms with E-state index < -0.39 is 10.0 Å². The first-order chi connectivity index (χ1) is 12.3. The second-order valence-electron chi connectivity index (χ2n) is 7.47. The number of hydrogen-bond donors (Lipinski definition) is 1. The van der Waals surface area contributed by atoms with E-state index in [1.807, 2.05) is 18.7 Å². The summed E-state index contributed by atoms with van der Waals surface area (Å²) in [5, 5.41) is 3.36. The van der Waals surface area contributed by atoms with Crippen LogP contribution in [0, 0.1) is 0 Å². The quantitative estimate of drug-likeness (QED) is 0.873. The molecule has 1 N–H and O–H groups in total. The van der Waals surface area contributed by atoms with E-state index in [2.05, 4.69) is 12.2 Å². The summed E-state index contributed by atoms with van der Waals surface area (Å²) in [4.78, 5) is 15.0. The van der Waals surface area contributed by atoms with Crippen LogP contribution in [0.15, 0.2) is 29.2 Å². The first kappa shape index (κ1) is 19.3. The van der Waals surface area contributed by atoms with Crippen molar-refractivity contribution >= 4 is 15.9 Å². The van der Waals surface area contributed by atoms with E-state index in [0.717, 1.165) is 25.8 Å². The predicted molar refractivity (Wildman–Crippen MR) is 102 cm³/mol. The molecule has 0 aliphatic carbocycles. The lowest BCUT2D eigenvalue weighted by Gasteiger charge is -2.38. The van der Waals surface area contributed by atoms with Crippen LogP contribution in [-0.2, 0) is 10.0 Å². The van der Waals surface area contributed by atoms with Crippen LogP contribution in [0.3, 0.4) is 0 Å². The summed E-state index contributed by atoms with van der Waals surface area (Å²) in [7, 11) is -3.57. The Bertz CT molecular complexity index is 765. The van der Waals surface area contributed by atoms with E-state index in [1.165, 1.54) is 0 Å². The van der Waals surface area contributed by atoms with E-state index in [-0.39, 0.29) is 28.9 Å². The number of piperazine rings is 1. The highest BCUT2D eigenvalue weighted by Gasteiger charge is 2.33. The van der Waals surface area contributed by atoms with Crippen LogP contribution in [0.25, 0.3) is 0 Å². The first-order valence-electron chi connectivity index (χ1n) is 9.48. The fraction of sp³-hybridized carbons (Fsp3) is 0.632. The Morgan fingerprint density at radius 2 is 1.92 bits per heavy atom. The zero-order valence-corrected chi connectivity index (χ0v) is 16.6. The van der Waals surface area contributed by atoms with Gasteiger partial charge in [0.1, 0.15) is 0 Å². The van der Waals surface area contributed by atoms with Gasteiger partial charge in [0, 0.05) is 43.3 Å². The number of nitrogens with zero attached hydrogens (tertiary/aromatic N) is 2. The maximum atomic E-state index is 13.1. The molecule has 144 valence electrons. The normalized spacial score (nSPS) is 28.1. The zero-order chi connectivity index (χ0) is 18.9. The van der Waals surface area contributed by atoms with Gasteiger partial charge in [0.25, 0.3) is 5.91 Å². The second kappa shape index (κ2) is 7.66. The fourth-order valence-corrected chi connectivity index (χ4v) is 5.61. The number of nitrogens with one attached hydrogen (secondary N) is 1. The molecule has 1 aromatic rings. The Hall–Kier alpha value is -1.44. The van der Waals surface area contributed by atoms with Crippen LogP contribution >= 0.6 is 0 Å². The lowest BCUT2D eigenvalue weighted by molar-refractivity contribution is 0.0602. The minimum atomic E-state index is -3.57. The van der Waals surface area contributed by atoms with Gasteiger partial charge in [-0.3, -0.25) is 4.79 Å². The van der Waals surface area contributed by atoms with Crippen molar-refractivity contribution in [2.75, 3.05) is 19.6 Å². The van der Waals surface area contributed by atoms with E-state index in [0.29, 0.717) is 18.7 Å². The van der Waals surface area contributed by atoms with Gasteiger partial charge in [-0.1, -0.05) is 12.5 Å². The molecular weight excluding hydrogens is 350 g/mol. The van der Waals surface area contributed by atoms with Crippen LogP contribution in [0.4, 0.5) is 0 Å². The third-order valence-corrected chi connectivity index (χ3v) is 7.73. The Kier molecular flexibility index (Phi) is 5.69. The maximum absolute atomic E-state index is 13.1. The molecule has 7 heteroatoms. The Morgan fingerprint density at radius 1 is 1.15 bits per heavy atom. The summed E-state index contributed by atoms with van der Waals surface area (Å²) >= 11 is 0. The lowest BCUT2D eigenvalue weighted by Crippen LogP contribution is -2.57. The minimum absolute atomic E-state index is 0.00199. The highest BCUT2D eigenvalue weighted by Crippen LogP contribution is 2.26. The fourth-order valence-electron chi connectivity index (χ4n) is 3.86. The minimum Gasteiger partial charge on any atom is -0.333 e. The average Bonchev–Trinajstić information content (AvgIpc) is 2.64. The van der Waals surface area contributed by atoms with E-state index in [4.69, 9.17) is 0 Å². The van der Waals surface area contributed by atoms with Crippen LogP contribution < -0.4 is 5.32 Å². The molecule has 0 radical (unpaired) electrons. The van der Waals surface area contributed by atoms with Crippen molar-refractivity contribution in [3.63, 3.8) is 0 Å². The van der Waals surface area contributed by atoms with E-state index >= 15 is 0 Å². The molecule has 0 saturated carbocycles. The molecular formula is C19H29N3O3S. The molecule has 2 heterocycles. The first-order valence-corrected chi connectivity index (χ1v) is 10.9. The summed E-state index contributed by atoms with van der Waals surface area (Å²) in [6.07, 6.45) is 2.83. The second-order valence-corrected chi connectivity index (χ2v) is 9.36.